The number of carboxylic acids is 1. The predicted molar refractivity (Wildman–Crippen MR) is 67.3 cm³/mol. The summed E-state index contributed by atoms with van der Waals surface area (Å²) in [5, 5.41) is 9.75. The van der Waals surface area contributed by atoms with Crippen LogP contribution in [-0.4, -0.2) is 21.0 Å². The highest BCUT2D eigenvalue weighted by atomic mass is 79.9. The number of hydrogen-bond donors (Lipinski definition) is 1. The van der Waals surface area contributed by atoms with Crippen LogP contribution in [0.3, 0.4) is 0 Å². The summed E-state index contributed by atoms with van der Waals surface area (Å²) >= 11 is 4.66. The summed E-state index contributed by atoms with van der Waals surface area (Å²) in [6.45, 7) is 0. The van der Waals surface area contributed by atoms with Gasteiger partial charge in [0.05, 0.1) is 10.0 Å². The number of halogens is 1. The maximum Gasteiger partial charge on any atom is 0.338 e. The average molecular weight is 311 g/mol. The van der Waals surface area contributed by atoms with Gasteiger partial charge >= 0.3 is 5.97 Å². The zero-order chi connectivity index (χ0) is 12.3. The van der Waals surface area contributed by atoms with E-state index in [0.717, 1.165) is 9.50 Å². The molecule has 0 unspecified atom stereocenters. The first-order valence-corrected chi connectivity index (χ1v) is 6.25. The SMILES string of the molecule is O=C(O)c1cnccc1Sc1ncccc1Br. The molecule has 6 heteroatoms. The smallest absolute Gasteiger partial charge is 0.338 e. The number of carboxylic acid groups (broad SMARTS) is 1. The molecule has 0 bridgehead atoms. The second-order valence-corrected chi connectivity index (χ2v) is 4.95. The van der Waals surface area contributed by atoms with E-state index in [1.807, 2.05) is 6.07 Å². The van der Waals surface area contributed by atoms with Crippen molar-refractivity contribution in [3.05, 3.63) is 46.8 Å². The van der Waals surface area contributed by atoms with Crippen molar-refractivity contribution in [2.24, 2.45) is 0 Å². The second kappa shape index (κ2) is 5.29. The number of carbonyl (C=O) groups is 1. The molecular weight excluding hydrogens is 304 g/mol. The zero-order valence-electron chi connectivity index (χ0n) is 8.50. The third-order valence-electron chi connectivity index (χ3n) is 1.94. The van der Waals surface area contributed by atoms with Crippen molar-refractivity contribution in [1.82, 2.24) is 9.97 Å². The highest BCUT2D eigenvalue weighted by Gasteiger charge is 2.12. The molecule has 0 saturated carbocycles. The van der Waals surface area contributed by atoms with E-state index in [4.69, 9.17) is 5.11 Å². The molecule has 2 rings (SSSR count). The zero-order valence-corrected chi connectivity index (χ0v) is 10.9. The van der Waals surface area contributed by atoms with E-state index in [2.05, 4.69) is 25.9 Å². The molecule has 2 heterocycles. The van der Waals surface area contributed by atoms with E-state index >= 15 is 0 Å². The van der Waals surface area contributed by atoms with Crippen molar-refractivity contribution in [2.75, 3.05) is 0 Å². The number of hydrogen-bond acceptors (Lipinski definition) is 4. The molecule has 0 aliphatic carbocycles. The molecule has 0 spiro atoms. The number of nitrogens with zero attached hydrogens (tertiary/aromatic N) is 2. The third-order valence-corrected chi connectivity index (χ3v) is 3.94. The van der Waals surface area contributed by atoms with Gasteiger partial charge in [0, 0.05) is 23.5 Å². The molecule has 4 nitrogen and oxygen atoms in total. The van der Waals surface area contributed by atoms with E-state index in [1.54, 1.807) is 24.5 Å². The number of aromatic carboxylic acids is 1. The van der Waals surface area contributed by atoms with E-state index < -0.39 is 5.97 Å². The molecule has 86 valence electrons. The van der Waals surface area contributed by atoms with Crippen LogP contribution in [-0.2, 0) is 0 Å². The Morgan fingerprint density at radius 2 is 2.18 bits per heavy atom. The molecule has 0 aliphatic heterocycles. The normalized spacial score (nSPS) is 10.2. The summed E-state index contributed by atoms with van der Waals surface area (Å²) in [7, 11) is 0. The van der Waals surface area contributed by atoms with Crippen molar-refractivity contribution < 1.29 is 9.90 Å². The van der Waals surface area contributed by atoms with Crippen LogP contribution in [0.5, 0.6) is 0 Å². The van der Waals surface area contributed by atoms with Gasteiger partial charge < -0.3 is 5.11 Å². The fraction of sp³-hybridized carbons (Fsp3) is 0. The number of aromatic nitrogens is 2. The molecule has 2 aromatic rings. The monoisotopic (exact) mass is 310 g/mol. The quantitative estimate of drug-likeness (QED) is 0.944. The van der Waals surface area contributed by atoms with Crippen molar-refractivity contribution in [3.63, 3.8) is 0 Å². The van der Waals surface area contributed by atoms with Gasteiger partial charge in [-0.2, -0.15) is 0 Å². The van der Waals surface area contributed by atoms with Gasteiger partial charge in [-0.15, -0.1) is 0 Å². The maximum atomic E-state index is 11.0. The van der Waals surface area contributed by atoms with Gasteiger partial charge in [-0.3, -0.25) is 4.98 Å². The number of rotatable bonds is 3. The van der Waals surface area contributed by atoms with Crippen LogP contribution in [0.25, 0.3) is 0 Å². The first-order chi connectivity index (χ1) is 8.18. The molecule has 0 saturated heterocycles. The summed E-state index contributed by atoms with van der Waals surface area (Å²) in [5.74, 6) is -0.993. The Morgan fingerprint density at radius 3 is 2.88 bits per heavy atom. The van der Waals surface area contributed by atoms with Crippen LogP contribution in [0, 0.1) is 0 Å². The van der Waals surface area contributed by atoms with Crippen LogP contribution < -0.4 is 0 Å². The predicted octanol–water partition coefficient (Wildman–Crippen LogP) is 3.09. The number of pyridine rings is 2. The lowest BCUT2D eigenvalue weighted by Crippen LogP contribution is -1.99. The molecule has 0 radical (unpaired) electrons. The van der Waals surface area contributed by atoms with Gasteiger partial charge in [0.2, 0.25) is 0 Å². The Hall–Kier alpha value is -1.40. The molecular formula is C11H7BrN2O2S. The summed E-state index contributed by atoms with van der Waals surface area (Å²) in [5.41, 5.74) is 0.176. The second-order valence-electron chi connectivity index (χ2n) is 3.07. The summed E-state index contributed by atoms with van der Waals surface area (Å²) in [6.07, 6.45) is 4.56. The highest BCUT2D eigenvalue weighted by Crippen LogP contribution is 2.32. The minimum absolute atomic E-state index is 0.176. The van der Waals surface area contributed by atoms with Crippen molar-refractivity contribution in [2.45, 2.75) is 9.92 Å². The molecule has 0 fully saturated rings. The topological polar surface area (TPSA) is 63.1 Å². The molecule has 0 aromatic carbocycles. The minimum Gasteiger partial charge on any atom is -0.478 e. The highest BCUT2D eigenvalue weighted by molar-refractivity contribution is 9.10. The lowest BCUT2D eigenvalue weighted by molar-refractivity contribution is 0.0692. The molecule has 1 N–H and O–H groups in total. The molecule has 17 heavy (non-hydrogen) atoms. The summed E-state index contributed by atoms with van der Waals surface area (Å²) in [4.78, 5) is 19.6. The van der Waals surface area contributed by atoms with Crippen LogP contribution in [0.2, 0.25) is 0 Å². The fourth-order valence-electron chi connectivity index (χ4n) is 1.18. The Balaban J connectivity index is 2.37. The summed E-state index contributed by atoms with van der Waals surface area (Å²) < 4.78 is 0.832. The largest absolute Gasteiger partial charge is 0.478 e. The Labute approximate surface area is 110 Å². The molecule has 0 atom stereocenters. The van der Waals surface area contributed by atoms with Crippen LogP contribution in [0.1, 0.15) is 10.4 Å². The minimum atomic E-state index is -0.993. The molecule has 0 aliphatic rings. The van der Waals surface area contributed by atoms with Crippen molar-refractivity contribution >= 4 is 33.7 Å². The lowest BCUT2D eigenvalue weighted by Gasteiger charge is -2.05. The molecule has 2 aromatic heterocycles. The van der Waals surface area contributed by atoms with Gasteiger partial charge in [0.1, 0.15) is 5.03 Å². The van der Waals surface area contributed by atoms with E-state index in [0.29, 0.717) is 4.90 Å². The van der Waals surface area contributed by atoms with Crippen LogP contribution in [0.15, 0.2) is 51.2 Å². The van der Waals surface area contributed by atoms with Gasteiger partial charge in [-0.25, -0.2) is 9.78 Å². The van der Waals surface area contributed by atoms with Gasteiger partial charge in [-0.05, 0) is 34.1 Å². The van der Waals surface area contributed by atoms with E-state index in [9.17, 15) is 4.79 Å². The van der Waals surface area contributed by atoms with Crippen LogP contribution >= 0.6 is 27.7 Å². The Morgan fingerprint density at radius 1 is 1.35 bits per heavy atom. The van der Waals surface area contributed by atoms with Crippen LogP contribution in [0.4, 0.5) is 0 Å². The van der Waals surface area contributed by atoms with Gasteiger partial charge in [-0.1, -0.05) is 11.8 Å². The maximum absolute atomic E-state index is 11.0. The first-order valence-electron chi connectivity index (χ1n) is 4.64. The Kier molecular flexibility index (Phi) is 3.75. The molecule has 0 amide bonds. The van der Waals surface area contributed by atoms with Crippen molar-refractivity contribution in [3.8, 4) is 0 Å². The van der Waals surface area contributed by atoms with Crippen molar-refractivity contribution in [1.29, 1.82) is 0 Å². The fourth-order valence-corrected chi connectivity index (χ4v) is 2.55. The summed E-state index contributed by atoms with van der Waals surface area (Å²) in [6, 6.07) is 5.32. The first kappa shape index (κ1) is 12.1. The van der Waals surface area contributed by atoms with E-state index in [-0.39, 0.29) is 5.56 Å². The average Bonchev–Trinajstić information content (AvgIpc) is 2.32. The third kappa shape index (κ3) is 2.83. The Bertz CT molecular complexity index is 563. The standard InChI is InChI=1S/C11H7BrN2O2S/c12-8-2-1-4-14-10(8)17-9-3-5-13-6-7(9)11(15)16/h1-6H,(H,15,16). The lowest BCUT2D eigenvalue weighted by atomic mass is 10.3. The van der Waals surface area contributed by atoms with E-state index in [1.165, 1.54) is 18.0 Å². The van der Waals surface area contributed by atoms with Gasteiger partial charge in [0.15, 0.2) is 0 Å². The van der Waals surface area contributed by atoms with Gasteiger partial charge in [0.25, 0.3) is 0 Å².